The summed E-state index contributed by atoms with van der Waals surface area (Å²) in [5, 5.41) is 0. The number of hydrogen-bond acceptors (Lipinski definition) is 2. The minimum atomic E-state index is 0.482. The van der Waals surface area contributed by atoms with Crippen LogP contribution >= 0.6 is 12.2 Å². The maximum Gasteiger partial charge on any atom is 0.0925 e. The lowest BCUT2D eigenvalue weighted by atomic mass is 10.3. The van der Waals surface area contributed by atoms with Gasteiger partial charge < -0.3 is 10.7 Å². The van der Waals surface area contributed by atoms with Crippen molar-refractivity contribution in [3.05, 3.63) is 17.7 Å². The summed E-state index contributed by atoms with van der Waals surface area (Å²) in [4.78, 5) is 7.46. The Hall–Kier alpha value is -0.900. The lowest BCUT2D eigenvalue weighted by Gasteiger charge is -1.93. The van der Waals surface area contributed by atoms with Gasteiger partial charge in [-0.15, -0.1) is 0 Å². The number of nitrogens with one attached hydrogen (secondary N) is 1. The first-order chi connectivity index (χ1) is 4.70. The van der Waals surface area contributed by atoms with Crippen LogP contribution < -0.4 is 5.73 Å². The van der Waals surface area contributed by atoms with Gasteiger partial charge in [0.25, 0.3) is 0 Å². The van der Waals surface area contributed by atoms with Crippen LogP contribution in [0, 0.1) is 6.92 Å². The van der Waals surface area contributed by atoms with Gasteiger partial charge in [0.15, 0.2) is 0 Å². The Morgan fingerprint density at radius 1 is 1.90 bits per heavy atom. The molecule has 3 nitrogen and oxygen atoms in total. The predicted octanol–water partition coefficient (Wildman–Crippen LogP) is 0.547. The molecule has 0 aliphatic carbocycles. The summed E-state index contributed by atoms with van der Waals surface area (Å²) in [6, 6.07) is 0. The average molecular weight is 155 g/mol. The highest BCUT2D eigenvalue weighted by Gasteiger charge is 2.00. The van der Waals surface area contributed by atoms with Crippen LogP contribution in [0.1, 0.15) is 11.4 Å². The van der Waals surface area contributed by atoms with E-state index in [1.54, 1.807) is 6.33 Å². The van der Waals surface area contributed by atoms with Crippen molar-refractivity contribution in [3.63, 3.8) is 0 Å². The Bertz CT molecular complexity index is 241. The molecule has 0 aliphatic rings. The molecular weight excluding hydrogens is 146 g/mol. The van der Waals surface area contributed by atoms with E-state index >= 15 is 0 Å². The van der Waals surface area contributed by atoms with Gasteiger partial charge in [-0.1, -0.05) is 12.2 Å². The molecule has 0 saturated heterocycles. The Balaban J connectivity index is 2.74. The number of aromatic amines is 1. The van der Waals surface area contributed by atoms with E-state index in [4.69, 9.17) is 18.0 Å². The second kappa shape index (κ2) is 2.79. The van der Waals surface area contributed by atoms with Crippen LogP contribution in [0.25, 0.3) is 0 Å². The minimum absolute atomic E-state index is 0.482. The van der Waals surface area contributed by atoms with E-state index in [1.165, 1.54) is 0 Å². The number of aryl methyl sites for hydroxylation is 1. The van der Waals surface area contributed by atoms with Gasteiger partial charge in [0, 0.05) is 12.1 Å². The normalized spacial score (nSPS) is 9.70. The van der Waals surface area contributed by atoms with Gasteiger partial charge in [-0.3, -0.25) is 0 Å². The largest absolute Gasteiger partial charge is 0.393 e. The summed E-state index contributed by atoms with van der Waals surface area (Å²) in [7, 11) is 0. The van der Waals surface area contributed by atoms with E-state index in [2.05, 4.69) is 9.97 Å². The van der Waals surface area contributed by atoms with Gasteiger partial charge in [0.2, 0.25) is 0 Å². The maximum atomic E-state index is 5.33. The first-order valence-electron chi connectivity index (χ1n) is 2.97. The second-order valence-corrected chi connectivity index (χ2v) is 2.64. The number of nitrogens with two attached hydrogens (primary N) is 1. The molecule has 3 N–H and O–H groups in total. The SMILES string of the molecule is Cc1[nH]cnc1CC(N)=S. The first kappa shape index (κ1) is 7.21. The van der Waals surface area contributed by atoms with E-state index in [1.807, 2.05) is 6.92 Å². The van der Waals surface area contributed by atoms with Crippen LogP contribution in [0.15, 0.2) is 6.33 Å². The molecule has 54 valence electrons. The van der Waals surface area contributed by atoms with Crippen LogP contribution in [0.4, 0.5) is 0 Å². The Labute approximate surface area is 64.7 Å². The van der Waals surface area contributed by atoms with Crippen molar-refractivity contribution in [1.29, 1.82) is 0 Å². The van der Waals surface area contributed by atoms with Crippen LogP contribution in [-0.2, 0) is 6.42 Å². The van der Waals surface area contributed by atoms with E-state index in [0.29, 0.717) is 11.4 Å². The van der Waals surface area contributed by atoms with Gasteiger partial charge in [0.1, 0.15) is 0 Å². The van der Waals surface area contributed by atoms with Crippen molar-refractivity contribution >= 4 is 17.2 Å². The fourth-order valence-corrected chi connectivity index (χ4v) is 0.867. The van der Waals surface area contributed by atoms with Gasteiger partial charge in [-0.05, 0) is 6.92 Å². The molecule has 0 spiro atoms. The highest BCUT2D eigenvalue weighted by atomic mass is 32.1. The molecule has 1 heterocycles. The van der Waals surface area contributed by atoms with Crippen LogP contribution in [0.2, 0.25) is 0 Å². The molecule has 10 heavy (non-hydrogen) atoms. The van der Waals surface area contributed by atoms with Gasteiger partial charge >= 0.3 is 0 Å². The number of aromatic nitrogens is 2. The lowest BCUT2D eigenvalue weighted by molar-refractivity contribution is 1.15. The number of nitrogens with zero attached hydrogens (tertiary/aromatic N) is 1. The van der Waals surface area contributed by atoms with Crippen molar-refractivity contribution in [3.8, 4) is 0 Å². The van der Waals surface area contributed by atoms with Crippen molar-refractivity contribution < 1.29 is 0 Å². The van der Waals surface area contributed by atoms with Crippen molar-refractivity contribution in [2.24, 2.45) is 5.73 Å². The summed E-state index contributed by atoms with van der Waals surface area (Å²) in [5.74, 6) is 0. The zero-order valence-corrected chi connectivity index (χ0v) is 6.53. The standard InChI is InChI=1S/C6H9N3S/c1-4-5(2-6(7)10)9-3-8-4/h3H,2H2,1H3,(H2,7,10)(H,8,9). The van der Waals surface area contributed by atoms with Crippen LogP contribution in [0.5, 0.6) is 0 Å². The molecule has 4 heteroatoms. The highest BCUT2D eigenvalue weighted by molar-refractivity contribution is 7.80. The van der Waals surface area contributed by atoms with Crippen LogP contribution in [0.3, 0.4) is 0 Å². The Morgan fingerprint density at radius 2 is 2.60 bits per heavy atom. The summed E-state index contributed by atoms with van der Waals surface area (Å²) in [5.41, 5.74) is 7.30. The average Bonchev–Trinajstić information content (AvgIpc) is 2.15. The number of imidazole rings is 1. The number of rotatable bonds is 2. The third-order valence-electron chi connectivity index (χ3n) is 1.28. The molecule has 0 saturated carbocycles. The minimum Gasteiger partial charge on any atom is -0.393 e. The van der Waals surface area contributed by atoms with E-state index in [9.17, 15) is 0 Å². The molecule has 0 radical (unpaired) electrons. The third-order valence-corrected chi connectivity index (χ3v) is 1.42. The number of hydrogen-bond donors (Lipinski definition) is 2. The molecule has 0 amide bonds. The second-order valence-electron chi connectivity index (χ2n) is 2.12. The topological polar surface area (TPSA) is 54.7 Å². The number of thiocarbonyl (C=S) groups is 1. The van der Waals surface area contributed by atoms with Gasteiger partial charge in [-0.25, -0.2) is 4.98 Å². The number of H-pyrrole nitrogens is 1. The fourth-order valence-electron chi connectivity index (χ4n) is 0.730. The molecule has 0 atom stereocenters. The molecule has 1 aromatic heterocycles. The fraction of sp³-hybridized carbons (Fsp3) is 0.333. The van der Waals surface area contributed by atoms with Crippen molar-refractivity contribution in [1.82, 2.24) is 9.97 Å². The van der Waals surface area contributed by atoms with Crippen molar-refractivity contribution in [2.45, 2.75) is 13.3 Å². The summed E-state index contributed by atoms with van der Waals surface area (Å²) in [6.45, 7) is 1.95. The van der Waals surface area contributed by atoms with E-state index in [-0.39, 0.29) is 0 Å². The Morgan fingerprint density at radius 3 is 3.00 bits per heavy atom. The van der Waals surface area contributed by atoms with Gasteiger partial charge in [0.05, 0.1) is 17.0 Å². The van der Waals surface area contributed by atoms with E-state index in [0.717, 1.165) is 11.4 Å². The molecule has 1 aromatic rings. The maximum absolute atomic E-state index is 5.33. The zero-order valence-electron chi connectivity index (χ0n) is 5.72. The quantitative estimate of drug-likeness (QED) is 0.613. The molecule has 1 rings (SSSR count). The third kappa shape index (κ3) is 1.54. The lowest BCUT2D eigenvalue weighted by Crippen LogP contribution is -2.11. The van der Waals surface area contributed by atoms with Crippen molar-refractivity contribution in [2.75, 3.05) is 0 Å². The molecular formula is C6H9N3S. The summed E-state index contributed by atoms with van der Waals surface area (Å²) < 4.78 is 0. The molecule has 0 aromatic carbocycles. The van der Waals surface area contributed by atoms with Gasteiger partial charge in [-0.2, -0.15) is 0 Å². The predicted molar refractivity (Wildman–Crippen MR) is 43.8 cm³/mol. The highest BCUT2D eigenvalue weighted by Crippen LogP contribution is 2.00. The summed E-state index contributed by atoms with van der Waals surface area (Å²) >= 11 is 4.73. The molecule has 0 fully saturated rings. The molecule has 0 unspecified atom stereocenters. The van der Waals surface area contributed by atoms with Crippen LogP contribution in [-0.4, -0.2) is 15.0 Å². The smallest absolute Gasteiger partial charge is 0.0925 e. The first-order valence-corrected chi connectivity index (χ1v) is 3.38. The molecule has 0 aliphatic heterocycles. The Kier molecular flexibility index (Phi) is 2.01. The summed E-state index contributed by atoms with van der Waals surface area (Å²) in [6.07, 6.45) is 2.23. The zero-order chi connectivity index (χ0) is 7.56. The monoisotopic (exact) mass is 155 g/mol. The molecule has 0 bridgehead atoms. The van der Waals surface area contributed by atoms with E-state index < -0.39 is 0 Å².